The summed E-state index contributed by atoms with van der Waals surface area (Å²) in [5, 5.41) is 1.79. The van der Waals surface area contributed by atoms with Gasteiger partial charge in [-0.05, 0) is 11.6 Å². The van der Waals surface area contributed by atoms with Crippen LogP contribution in [0, 0.1) is 11.6 Å². The van der Waals surface area contributed by atoms with E-state index in [1.165, 1.54) is 21.8 Å². The molecule has 10 nitrogen and oxygen atoms in total. The third-order valence-corrected chi connectivity index (χ3v) is 6.47. The van der Waals surface area contributed by atoms with Crippen LogP contribution < -0.4 is 19.9 Å². The minimum Gasteiger partial charge on any atom is -0.493 e. The average Bonchev–Trinajstić information content (AvgIpc) is 2.91. The van der Waals surface area contributed by atoms with Crippen LogP contribution in [0.1, 0.15) is 34.1 Å². The fourth-order valence-corrected chi connectivity index (χ4v) is 4.74. The molecular formula is C26H23F2N3O7. The lowest BCUT2D eigenvalue weighted by Crippen LogP contribution is -2.62. The first-order chi connectivity index (χ1) is 18.3. The van der Waals surface area contributed by atoms with E-state index in [0.717, 1.165) is 19.2 Å². The van der Waals surface area contributed by atoms with Crippen molar-refractivity contribution in [3.63, 3.8) is 0 Å². The van der Waals surface area contributed by atoms with E-state index >= 15 is 0 Å². The molecule has 0 saturated carbocycles. The van der Waals surface area contributed by atoms with Crippen molar-refractivity contribution in [3.8, 4) is 11.5 Å². The zero-order valence-electron chi connectivity index (χ0n) is 20.4. The molecule has 198 valence electrons. The molecule has 0 aliphatic carbocycles. The van der Waals surface area contributed by atoms with Crippen LogP contribution in [0.3, 0.4) is 0 Å². The maximum absolute atomic E-state index is 14.6. The number of carbonyl (C=O) groups excluding carboxylic acids is 2. The van der Waals surface area contributed by atoms with Gasteiger partial charge in [-0.15, -0.1) is 0 Å². The van der Waals surface area contributed by atoms with Crippen LogP contribution in [-0.2, 0) is 9.47 Å². The molecule has 0 saturated heterocycles. The molecule has 2 aliphatic rings. The van der Waals surface area contributed by atoms with Crippen LogP contribution in [0.5, 0.6) is 11.5 Å². The molecule has 0 unspecified atom stereocenters. The van der Waals surface area contributed by atoms with Crippen molar-refractivity contribution in [2.75, 3.05) is 32.6 Å². The molecule has 38 heavy (non-hydrogen) atoms. The van der Waals surface area contributed by atoms with E-state index in [-0.39, 0.29) is 23.8 Å². The van der Waals surface area contributed by atoms with Crippen molar-refractivity contribution < 1.29 is 37.3 Å². The summed E-state index contributed by atoms with van der Waals surface area (Å²) in [6, 6.07) is 11.6. The summed E-state index contributed by atoms with van der Waals surface area (Å²) in [6.45, 7) is -0.577. The van der Waals surface area contributed by atoms with Crippen molar-refractivity contribution in [2.45, 2.75) is 18.6 Å². The van der Waals surface area contributed by atoms with Gasteiger partial charge in [0.1, 0.15) is 18.0 Å². The highest BCUT2D eigenvalue weighted by Gasteiger charge is 2.43. The van der Waals surface area contributed by atoms with Crippen molar-refractivity contribution in [1.29, 1.82) is 0 Å². The van der Waals surface area contributed by atoms with Gasteiger partial charge in [-0.2, -0.15) is 0 Å². The highest BCUT2D eigenvalue weighted by Crippen LogP contribution is 2.41. The maximum atomic E-state index is 14.6. The first-order valence-electron chi connectivity index (χ1n) is 11.6. The van der Waals surface area contributed by atoms with E-state index in [2.05, 4.69) is 4.74 Å². The predicted molar refractivity (Wildman–Crippen MR) is 129 cm³/mol. The quantitative estimate of drug-likeness (QED) is 0.377. The Hall–Kier alpha value is -4.61. The number of methoxy groups -OCH3 is 1. The van der Waals surface area contributed by atoms with Crippen molar-refractivity contribution in [1.82, 2.24) is 9.58 Å². The first kappa shape index (κ1) is 25.1. The number of carbonyl (C=O) groups is 2. The van der Waals surface area contributed by atoms with Crippen LogP contribution in [0.15, 0.2) is 59.5 Å². The molecule has 0 radical (unpaired) electrons. The number of rotatable bonds is 4. The van der Waals surface area contributed by atoms with Gasteiger partial charge in [0, 0.05) is 37.4 Å². The van der Waals surface area contributed by atoms with E-state index in [9.17, 15) is 23.2 Å². The van der Waals surface area contributed by atoms with Gasteiger partial charge in [0.15, 0.2) is 17.3 Å². The number of benzene rings is 2. The van der Waals surface area contributed by atoms with Crippen LogP contribution in [-0.4, -0.2) is 55.4 Å². The highest BCUT2D eigenvalue weighted by atomic mass is 19.2. The van der Waals surface area contributed by atoms with Gasteiger partial charge in [0.25, 0.3) is 5.91 Å². The van der Waals surface area contributed by atoms with Gasteiger partial charge in [-0.1, -0.05) is 30.3 Å². The average molecular weight is 527 g/mol. The number of hydrogen-bond donors (Lipinski definition) is 0. The molecule has 1 aromatic heterocycles. The summed E-state index contributed by atoms with van der Waals surface area (Å²) in [4.78, 5) is 39.1. The molecule has 12 heteroatoms. The van der Waals surface area contributed by atoms with E-state index < -0.39 is 48.1 Å². The molecule has 3 heterocycles. The Labute approximate surface area is 215 Å². The van der Waals surface area contributed by atoms with E-state index in [1.54, 1.807) is 24.2 Å². The fraction of sp³-hybridized carbons (Fsp3) is 0.269. The van der Waals surface area contributed by atoms with E-state index in [0.29, 0.717) is 17.5 Å². The number of fused-ring (bicyclic) bond motifs is 4. The van der Waals surface area contributed by atoms with Crippen LogP contribution in [0.4, 0.5) is 13.6 Å². The minimum absolute atomic E-state index is 0.101. The molecular weight excluding hydrogens is 504 g/mol. The lowest BCUT2D eigenvalue weighted by molar-refractivity contribution is 0.0131. The smallest absolute Gasteiger partial charge is 0.493 e. The van der Waals surface area contributed by atoms with Crippen molar-refractivity contribution >= 4 is 12.1 Å². The minimum atomic E-state index is -1.06. The second-order valence-corrected chi connectivity index (χ2v) is 8.59. The highest BCUT2D eigenvalue weighted by molar-refractivity contribution is 5.96. The lowest BCUT2D eigenvalue weighted by atomic mass is 9.95. The molecule has 0 bridgehead atoms. The van der Waals surface area contributed by atoms with E-state index in [1.807, 2.05) is 18.2 Å². The molecule has 0 fully saturated rings. The summed E-state index contributed by atoms with van der Waals surface area (Å²) >= 11 is 0. The van der Waals surface area contributed by atoms with Gasteiger partial charge in [-0.25, -0.2) is 13.6 Å². The van der Waals surface area contributed by atoms with Crippen LogP contribution >= 0.6 is 0 Å². The molecule has 2 aromatic carbocycles. The van der Waals surface area contributed by atoms with Gasteiger partial charge in [-0.3, -0.25) is 19.3 Å². The Morgan fingerprint density at radius 1 is 1.11 bits per heavy atom. The second kappa shape index (κ2) is 10.0. The first-order valence-corrected chi connectivity index (χ1v) is 11.6. The summed E-state index contributed by atoms with van der Waals surface area (Å²) in [7, 11) is 2.67. The SMILES string of the molecule is COC(=O)OCOc1c2n(ccc1=O)N1[C@H](c3ccccc3)c3cc(F)c(F)cc3OCC[C@H]1N(C)C2=O. The Morgan fingerprint density at radius 2 is 1.84 bits per heavy atom. The second-order valence-electron chi connectivity index (χ2n) is 8.59. The van der Waals surface area contributed by atoms with Crippen molar-refractivity contribution in [2.24, 2.45) is 0 Å². The van der Waals surface area contributed by atoms with E-state index in [4.69, 9.17) is 14.2 Å². The Kier molecular flexibility index (Phi) is 6.62. The molecule has 0 N–H and O–H groups in total. The van der Waals surface area contributed by atoms with Crippen molar-refractivity contribution in [3.05, 3.63) is 93.4 Å². The third kappa shape index (κ3) is 4.27. The van der Waals surface area contributed by atoms with Gasteiger partial charge in [0.2, 0.25) is 18.0 Å². The number of halogens is 2. The molecule has 5 rings (SSSR count). The largest absolute Gasteiger partial charge is 0.510 e. The molecule has 3 aromatic rings. The van der Waals surface area contributed by atoms with Gasteiger partial charge in [0.05, 0.1) is 13.7 Å². The molecule has 1 amide bonds. The monoisotopic (exact) mass is 527 g/mol. The number of nitrogens with zero attached hydrogens (tertiary/aromatic N) is 3. The number of amides is 1. The Bertz CT molecular complexity index is 1450. The third-order valence-electron chi connectivity index (χ3n) is 6.47. The van der Waals surface area contributed by atoms with Gasteiger partial charge < -0.3 is 23.8 Å². The summed E-state index contributed by atoms with van der Waals surface area (Å²) < 4.78 is 50.7. The zero-order valence-corrected chi connectivity index (χ0v) is 20.4. The zero-order chi connectivity index (χ0) is 27.0. The normalized spacial score (nSPS) is 18.3. The summed E-state index contributed by atoms with van der Waals surface area (Å²) in [5.74, 6) is -2.83. The predicted octanol–water partition coefficient (Wildman–Crippen LogP) is 3.17. The maximum Gasteiger partial charge on any atom is 0.510 e. The number of hydrogen-bond acceptors (Lipinski definition) is 8. The van der Waals surface area contributed by atoms with Crippen LogP contribution in [0.25, 0.3) is 0 Å². The Balaban J connectivity index is 1.73. The molecule has 2 aliphatic heterocycles. The van der Waals surface area contributed by atoms with Gasteiger partial charge >= 0.3 is 6.16 Å². The number of ether oxygens (including phenoxy) is 4. The molecule has 2 atom stereocenters. The van der Waals surface area contributed by atoms with Crippen LogP contribution in [0.2, 0.25) is 0 Å². The topological polar surface area (TPSA) is 99.5 Å². The fourth-order valence-electron chi connectivity index (χ4n) is 4.74. The summed E-state index contributed by atoms with van der Waals surface area (Å²) in [5.41, 5.74) is 0.268. The summed E-state index contributed by atoms with van der Waals surface area (Å²) in [6.07, 6.45) is 0.0824. The standard InChI is InChI=1S/C26H23F2N3O7/c1-29-21-9-11-36-20-13-18(28)17(27)12-16(20)22(15-6-4-3-5-7-15)31(21)30-10-8-19(32)24(23(30)25(29)33)37-14-38-26(34)35-2/h3-8,10,12-13,21-22H,9,11,14H2,1-2H3/t21-,22+/m0/s1. The lowest BCUT2D eigenvalue weighted by Gasteiger charge is -2.50. The Morgan fingerprint density at radius 3 is 2.58 bits per heavy atom. The number of aromatic nitrogens is 1. The molecule has 0 spiro atoms. The number of pyridine rings is 1.